The van der Waals surface area contributed by atoms with Crippen LogP contribution < -0.4 is 19.8 Å². The fraction of sp³-hybridized carbons (Fsp3) is 0.154. The Bertz CT molecular complexity index is 1260. The first-order valence-corrected chi connectivity index (χ1v) is 10.8. The fourth-order valence-electron chi connectivity index (χ4n) is 3.80. The highest BCUT2D eigenvalue weighted by Crippen LogP contribution is 2.29. The lowest BCUT2D eigenvalue weighted by Crippen LogP contribution is -2.54. The maximum atomic E-state index is 13.6. The van der Waals surface area contributed by atoms with E-state index in [1.165, 1.54) is 20.3 Å². The molecule has 1 N–H and O–H groups in total. The topological polar surface area (TPSA) is 105 Å². The first-order valence-electron chi connectivity index (χ1n) is 10.8. The number of hydrogen-bond donors (Lipinski definition) is 1. The maximum Gasteiger partial charge on any atom is 0.276 e. The van der Waals surface area contributed by atoms with Gasteiger partial charge in [-0.1, -0.05) is 30.3 Å². The molecule has 1 atom stereocenters. The summed E-state index contributed by atoms with van der Waals surface area (Å²) in [6.45, 7) is 0. The lowest BCUT2D eigenvalue weighted by molar-refractivity contribution is -0.122. The van der Waals surface area contributed by atoms with Crippen molar-refractivity contribution < 1.29 is 28.7 Å². The van der Waals surface area contributed by atoms with Gasteiger partial charge in [0.15, 0.2) is 0 Å². The van der Waals surface area contributed by atoms with Crippen molar-refractivity contribution in [2.45, 2.75) is 12.5 Å². The average molecular weight is 473 g/mol. The number of anilines is 1. The van der Waals surface area contributed by atoms with E-state index in [0.29, 0.717) is 11.4 Å². The number of hydrogen-bond acceptors (Lipinski definition) is 6. The van der Waals surface area contributed by atoms with Gasteiger partial charge in [0, 0.05) is 5.56 Å². The molecule has 0 radical (unpaired) electrons. The number of nitrogens with one attached hydrogen (secondary N) is 1. The number of carbonyl (C=O) groups is 4. The second-order valence-electron chi connectivity index (χ2n) is 7.67. The van der Waals surface area contributed by atoms with Crippen LogP contribution in [0.15, 0.2) is 78.9 Å². The molecule has 35 heavy (non-hydrogen) atoms. The number of ether oxygens (including phenoxy) is 2. The third kappa shape index (κ3) is 4.70. The van der Waals surface area contributed by atoms with Crippen LogP contribution in [0.3, 0.4) is 0 Å². The Morgan fingerprint density at radius 1 is 0.886 bits per heavy atom. The van der Waals surface area contributed by atoms with Crippen molar-refractivity contribution in [3.05, 3.63) is 90.0 Å². The molecule has 1 aliphatic rings. The molecule has 0 spiro atoms. The number of rotatable bonds is 6. The average Bonchev–Trinajstić information content (AvgIpc) is 3.20. The molecule has 4 amide bonds. The highest BCUT2D eigenvalue weighted by molar-refractivity contribution is 6.23. The third-order valence-corrected chi connectivity index (χ3v) is 5.58. The molecule has 1 fully saturated rings. The molecule has 178 valence electrons. The SMILES string of the molecule is COc1ccc(N2C(=O)CC(N(NC(=O)c3ccccc3)C(=O)c3ccccc3OC)C2=O)cc1. The normalized spacial score (nSPS) is 15.0. The van der Waals surface area contributed by atoms with Crippen LogP contribution in [0.5, 0.6) is 11.5 Å². The van der Waals surface area contributed by atoms with E-state index >= 15 is 0 Å². The van der Waals surface area contributed by atoms with Gasteiger partial charge in [-0.15, -0.1) is 0 Å². The van der Waals surface area contributed by atoms with Gasteiger partial charge in [0.1, 0.15) is 17.5 Å². The van der Waals surface area contributed by atoms with Crippen LogP contribution in [0.1, 0.15) is 27.1 Å². The standard InChI is InChI=1S/C26H23N3O6/c1-34-19-14-12-18(13-15-19)28-23(30)16-21(26(28)33)29(27-24(31)17-8-4-3-5-9-17)25(32)20-10-6-7-11-22(20)35-2/h3-15,21H,16H2,1-2H3,(H,27,31). The summed E-state index contributed by atoms with van der Waals surface area (Å²) in [7, 11) is 2.92. The van der Waals surface area contributed by atoms with E-state index in [1.54, 1.807) is 72.8 Å². The summed E-state index contributed by atoms with van der Waals surface area (Å²) in [5, 5.41) is 0.914. The molecule has 0 aliphatic carbocycles. The van der Waals surface area contributed by atoms with Crippen LogP contribution in [0.2, 0.25) is 0 Å². The third-order valence-electron chi connectivity index (χ3n) is 5.58. The minimum atomic E-state index is -1.25. The first kappa shape index (κ1) is 23.5. The van der Waals surface area contributed by atoms with Gasteiger partial charge in [-0.25, -0.2) is 9.91 Å². The molecule has 3 aromatic carbocycles. The van der Waals surface area contributed by atoms with Gasteiger partial charge < -0.3 is 9.47 Å². The van der Waals surface area contributed by atoms with E-state index in [2.05, 4.69) is 5.43 Å². The highest BCUT2D eigenvalue weighted by Gasteiger charge is 2.46. The predicted molar refractivity (Wildman–Crippen MR) is 127 cm³/mol. The molecule has 9 heteroatoms. The van der Waals surface area contributed by atoms with Gasteiger partial charge in [0.05, 0.1) is 31.9 Å². The van der Waals surface area contributed by atoms with E-state index in [9.17, 15) is 19.2 Å². The number of benzene rings is 3. The monoisotopic (exact) mass is 473 g/mol. The van der Waals surface area contributed by atoms with Crippen LogP contribution >= 0.6 is 0 Å². The maximum absolute atomic E-state index is 13.6. The molecule has 3 aromatic rings. The number of hydrazine groups is 1. The van der Waals surface area contributed by atoms with E-state index < -0.39 is 29.7 Å². The van der Waals surface area contributed by atoms with Gasteiger partial charge in [0.25, 0.3) is 17.7 Å². The minimum absolute atomic E-state index is 0.131. The zero-order valence-electron chi connectivity index (χ0n) is 19.1. The van der Waals surface area contributed by atoms with Crippen LogP contribution in [-0.2, 0) is 9.59 Å². The molecule has 4 rings (SSSR count). The zero-order chi connectivity index (χ0) is 24.9. The largest absolute Gasteiger partial charge is 0.497 e. The van der Waals surface area contributed by atoms with Crippen LogP contribution in [0, 0.1) is 0 Å². The van der Waals surface area contributed by atoms with Crippen molar-refractivity contribution in [3.63, 3.8) is 0 Å². The van der Waals surface area contributed by atoms with Crippen molar-refractivity contribution >= 4 is 29.3 Å². The Hall–Kier alpha value is -4.66. The lowest BCUT2D eigenvalue weighted by Gasteiger charge is -2.28. The Morgan fingerprint density at radius 3 is 2.20 bits per heavy atom. The first-order chi connectivity index (χ1) is 16.9. The Balaban J connectivity index is 1.69. The van der Waals surface area contributed by atoms with Gasteiger partial charge in [0.2, 0.25) is 5.91 Å². The number of imide groups is 1. The second kappa shape index (κ2) is 10.1. The zero-order valence-corrected chi connectivity index (χ0v) is 19.1. The molecule has 1 saturated heterocycles. The Kier molecular flexibility index (Phi) is 6.77. The van der Waals surface area contributed by atoms with Crippen LogP contribution in [0.4, 0.5) is 5.69 Å². The molecule has 9 nitrogen and oxygen atoms in total. The lowest BCUT2D eigenvalue weighted by atomic mass is 10.1. The number of amides is 4. The molecule has 0 bridgehead atoms. The summed E-state index contributed by atoms with van der Waals surface area (Å²) >= 11 is 0. The van der Waals surface area contributed by atoms with E-state index in [1.807, 2.05) is 0 Å². The predicted octanol–water partition coefficient (Wildman–Crippen LogP) is 2.82. The van der Waals surface area contributed by atoms with Crippen LogP contribution in [-0.4, -0.2) is 48.9 Å². The summed E-state index contributed by atoms with van der Waals surface area (Å²) in [5.41, 5.74) is 3.29. The summed E-state index contributed by atoms with van der Waals surface area (Å²) < 4.78 is 10.4. The summed E-state index contributed by atoms with van der Waals surface area (Å²) in [5.74, 6) is -1.60. The van der Waals surface area contributed by atoms with Crippen molar-refractivity contribution in [2.75, 3.05) is 19.1 Å². The minimum Gasteiger partial charge on any atom is -0.497 e. The molecule has 1 aliphatic heterocycles. The van der Waals surface area contributed by atoms with Crippen molar-refractivity contribution in [2.24, 2.45) is 0 Å². The number of para-hydroxylation sites is 1. The van der Waals surface area contributed by atoms with Gasteiger partial charge in [-0.05, 0) is 48.5 Å². The van der Waals surface area contributed by atoms with Crippen molar-refractivity contribution in [3.8, 4) is 11.5 Å². The second-order valence-corrected chi connectivity index (χ2v) is 7.67. The quantitative estimate of drug-likeness (QED) is 0.436. The van der Waals surface area contributed by atoms with Gasteiger partial charge >= 0.3 is 0 Å². The number of nitrogens with zero attached hydrogens (tertiary/aromatic N) is 2. The molecule has 0 aromatic heterocycles. The summed E-state index contributed by atoms with van der Waals surface area (Å²) in [6.07, 6.45) is -0.305. The number of methoxy groups -OCH3 is 2. The summed E-state index contributed by atoms with van der Waals surface area (Å²) in [4.78, 5) is 53.9. The molecule has 1 heterocycles. The van der Waals surface area contributed by atoms with Crippen molar-refractivity contribution in [1.29, 1.82) is 0 Å². The van der Waals surface area contributed by atoms with Gasteiger partial charge in [-0.2, -0.15) is 0 Å². The van der Waals surface area contributed by atoms with Crippen LogP contribution in [0.25, 0.3) is 0 Å². The molecule has 1 unspecified atom stereocenters. The van der Waals surface area contributed by atoms with E-state index in [0.717, 1.165) is 9.91 Å². The van der Waals surface area contributed by atoms with E-state index in [4.69, 9.17) is 9.47 Å². The van der Waals surface area contributed by atoms with Crippen molar-refractivity contribution in [1.82, 2.24) is 10.4 Å². The van der Waals surface area contributed by atoms with Gasteiger partial charge in [-0.3, -0.25) is 24.6 Å². The number of carbonyl (C=O) groups excluding carboxylic acids is 4. The molecule has 0 saturated carbocycles. The molecular weight excluding hydrogens is 450 g/mol. The fourth-order valence-corrected chi connectivity index (χ4v) is 3.80. The summed E-state index contributed by atoms with van der Waals surface area (Å²) in [6, 6.07) is 19.8. The highest BCUT2D eigenvalue weighted by atomic mass is 16.5. The van der Waals surface area contributed by atoms with E-state index in [-0.39, 0.29) is 23.3 Å². The smallest absolute Gasteiger partial charge is 0.276 e. The molecular formula is C26H23N3O6. The Morgan fingerprint density at radius 2 is 1.54 bits per heavy atom. The Labute approximate surface area is 201 Å².